The molecule has 0 spiro atoms. The van der Waals surface area contributed by atoms with Gasteiger partial charge in [0.25, 0.3) is 0 Å². The van der Waals surface area contributed by atoms with Crippen LogP contribution >= 0.6 is 0 Å². The first-order valence-corrected chi connectivity index (χ1v) is 26.0. The van der Waals surface area contributed by atoms with E-state index in [1.54, 1.807) is 0 Å². The highest BCUT2D eigenvalue weighted by Gasteiger charge is 2.44. The van der Waals surface area contributed by atoms with E-state index in [-0.39, 0.29) is 12.8 Å². The fourth-order valence-electron chi connectivity index (χ4n) is 8.02. The second-order valence-corrected chi connectivity index (χ2v) is 18.2. The van der Waals surface area contributed by atoms with Crippen molar-refractivity contribution in [2.75, 3.05) is 13.2 Å². The molecule has 0 aromatic rings. The predicted molar refractivity (Wildman–Crippen MR) is 261 cm³/mol. The van der Waals surface area contributed by atoms with E-state index in [9.17, 15) is 40.5 Å². The Morgan fingerprint density at radius 2 is 0.984 bits per heavy atom. The van der Waals surface area contributed by atoms with Crippen molar-refractivity contribution in [2.24, 2.45) is 0 Å². The number of nitrogens with one attached hydrogen (secondary N) is 1. The summed E-state index contributed by atoms with van der Waals surface area (Å²) in [5, 5.41) is 75.8. The first kappa shape index (κ1) is 60.1. The first-order valence-electron chi connectivity index (χ1n) is 26.0. The van der Waals surface area contributed by atoms with Gasteiger partial charge < -0.3 is 50.5 Å². The van der Waals surface area contributed by atoms with Crippen molar-refractivity contribution >= 4 is 5.91 Å². The monoisotopic (exact) mass is 908 g/mol. The minimum Gasteiger partial charge on any atom is -0.394 e. The zero-order valence-electron chi connectivity index (χ0n) is 40.5. The minimum atomic E-state index is -1.67. The van der Waals surface area contributed by atoms with Gasteiger partial charge in [0.15, 0.2) is 6.29 Å². The lowest BCUT2D eigenvalue weighted by Crippen LogP contribution is -2.60. The van der Waals surface area contributed by atoms with Gasteiger partial charge in [-0.3, -0.25) is 4.79 Å². The quantitative estimate of drug-likeness (QED) is 0.0216. The van der Waals surface area contributed by atoms with E-state index in [1.807, 2.05) is 0 Å². The maximum absolute atomic E-state index is 13.1. The number of hydrogen-bond donors (Lipinski definition) is 8. The van der Waals surface area contributed by atoms with Gasteiger partial charge in [-0.05, 0) is 83.5 Å². The molecule has 1 aliphatic heterocycles. The summed E-state index contributed by atoms with van der Waals surface area (Å²) in [6.45, 7) is 3.40. The van der Waals surface area contributed by atoms with E-state index in [1.165, 1.54) is 109 Å². The van der Waals surface area contributed by atoms with Gasteiger partial charge in [-0.2, -0.15) is 0 Å². The Kier molecular flexibility index (Phi) is 39.8. The van der Waals surface area contributed by atoms with Gasteiger partial charge in [0.05, 0.1) is 25.4 Å². The van der Waals surface area contributed by atoms with Crippen LogP contribution in [0.3, 0.4) is 0 Å². The van der Waals surface area contributed by atoms with Gasteiger partial charge in [0, 0.05) is 0 Å². The summed E-state index contributed by atoms with van der Waals surface area (Å²) in [6, 6.07) is -1.19. The molecule has 64 heavy (non-hydrogen) atoms. The third-order valence-corrected chi connectivity index (χ3v) is 12.3. The molecular weight excluding hydrogens is 811 g/mol. The smallest absolute Gasteiger partial charge is 0.249 e. The summed E-state index contributed by atoms with van der Waals surface area (Å²) in [5.74, 6) is -0.717. The SMILES string of the molecule is CCCCCC/C=C/CC/C=C/CCCC(O)C(O)C(COC1OC(CO)C(O)C(O)C1O)NC(=O)C(O)CCCCCCCCCC/C=C\C/C=C\CCCCCCCCCCC. The van der Waals surface area contributed by atoms with E-state index >= 15 is 0 Å². The average Bonchev–Trinajstić information content (AvgIpc) is 3.29. The van der Waals surface area contributed by atoms with Crippen LogP contribution in [-0.4, -0.2) is 110 Å². The highest BCUT2D eigenvalue weighted by Crippen LogP contribution is 2.23. The number of unbranched alkanes of at least 4 members (excludes halogenated alkanes) is 23. The Labute approximate surface area is 389 Å². The van der Waals surface area contributed by atoms with Crippen LogP contribution in [0.15, 0.2) is 48.6 Å². The number of carbonyl (C=O) groups excluding carboxylic acids is 1. The van der Waals surface area contributed by atoms with Crippen LogP contribution in [0.5, 0.6) is 0 Å². The summed E-state index contributed by atoms with van der Waals surface area (Å²) in [6.07, 6.45) is 40.2. The first-order chi connectivity index (χ1) is 31.2. The third-order valence-electron chi connectivity index (χ3n) is 12.3. The molecule has 8 N–H and O–H groups in total. The van der Waals surface area contributed by atoms with Crippen molar-refractivity contribution in [1.29, 1.82) is 0 Å². The molecule has 0 aliphatic carbocycles. The van der Waals surface area contributed by atoms with Crippen LogP contribution in [-0.2, 0) is 14.3 Å². The lowest BCUT2D eigenvalue weighted by atomic mass is 9.98. The maximum atomic E-state index is 13.1. The molecular formula is C53H97NO10. The Bertz CT molecular complexity index is 1180. The molecule has 1 amide bonds. The van der Waals surface area contributed by atoms with Gasteiger partial charge in [0.2, 0.25) is 5.91 Å². The van der Waals surface area contributed by atoms with Crippen LogP contribution < -0.4 is 5.32 Å². The number of ether oxygens (including phenoxy) is 2. The van der Waals surface area contributed by atoms with Gasteiger partial charge in [-0.15, -0.1) is 0 Å². The standard InChI is InChI=1S/C53H97NO10/c1-3-5-7-9-11-13-15-17-18-19-20-21-22-23-24-25-26-27-29-31-33-35-37-39-41-46(57)52(62)54-44(43-63-53-51(61)50(60)49(59)47(42-55)64-53)48(58)45(56)40-38-36-34-32-30-28-16-14-12-10-8-6-4-2/h14,16,20-21,23-24,32,34,44-51,53,55-61H,3-13,15,17-19,22,25-31,33,35-43H2,1-2H3,(H,54,62)/b16-14+,21-20-,24-23-,34-32+. The average molecular weight is 908 g/mol. The fourth-order valence-corrected chi connectivity index (χ4v) is 8.02. The molecule has 9 atom stereocenters. The minimum absolute atomic E-state index is 0.243. The van der Waals surface area contributed by atoms with E-state index in [4.69, 9.17) is 9.47 Å². The molecule has 0 radical (unpaired) electrons. The predicted octanol–water partition coefficient (Wildman–Crippen LogP) is 9.73. The summed E-state index contributed by atoms with van der Waals surface area (Å²) in [4.78, 5) is 13.1. The largest absolute Gasteiger partial charge is 0.394 e. The van der Waals surface area contributed by atoms with Crippen LogP contribution in [0.4, 0.5) is 0 Å². The van der Waals surface area contributed by atoms with Gasteiger partial charge in [-0.25, -0.2) is 0 Å². The maximum Gasteiger partial charge on any atom is 0.249 e. The van der Waals surface area contributed by atoms with Gasteiger partial charge in [-0.1, -0.05) is 178 Å². The Morgan fingerprint density at radius 3 is 1.50 bits per heavy atom. The lowest BCUT2D eigenvalue weighted by Gasteiger charge is -2.40. The molecule has 11 nitrogen and oxygen atoms in total. The van der Waals surface area contributed by atoms with Crippen LogP contribution in [0.1, 0.15) is 213 Å². The van der Waals surface area contributed by atoms with E-state index in [0.29, 0.717) is 19.3 Å². The summed E-state index contributed by atoms with van der Waals surface area (Å²) in [7, 11) is 0. The molecule has 0 aromatic heterocycles. The van der Waals surface area contributed by atoms with Gasteiger partial charge >= 0.3 is 0 Å². The van der Waals surface area contributed by atoms with Crippen LogP contribution in [0, 0.1) is 0 Å². The van der Waals surface area contributed by atoms with Crippen LogP contribution in [0.2, 0.25) is 0 Å². The fraction of sp³-hybridized carbons (Fsp3) is 0.830. The summed E-state index contributed by atoms with van der Waals surface area (Å²) in [5.41, 5.74) is 0. The topological polar surface area (TPSA) is 189 Å². The zero-order valence-corrected chi connectivity index (χ0v) is 40.5. The highest BCUT2D eigenvalue weighted by molar-refractivity contribution is 5.80. The van der Waals surface area contributed by atoms with Crippen molar-refractivity contribution in [3.05, 3.63) is 48.6 Å². The van der Waals surface area contributed by atoms with Crippen LogP contribution in [0.25, 0.3) is 0 Å². The number of allylic oxidation sites excluding steroid dienone is 8. The second kappa shape index (κ2) is 42.4. The Hall–Kier alpha value is -1.93. The molecule has 9 unspecified atom stereocenters. The molecule has 0 bridgehead atoms. The number of aliphatic hydroxyl groups excluding tert-OH is 7. The second-order valence-electron chi connectivity index (χ2n) is 18.2. The van der Waals surface area contributed by atoms with E-state index < -0.39 is 74.2 Å². The number of aliphatic hydroxyl groups is 7. The third kappa shape index (κ3) is 31.1. The molecule has 1 aliphatic rings. The van der Waals surface area contributed by atoms with Gasteiger partial charge in [0.1, 0.15) is 36.6 Å². The molecule has 1 heterocycles. The Balaban J connectivity index is 2.37. The van der Waals surface area contributed by atoms with Crippen molar-refractivity contribution in [2.45, 2.75) is 268 Å². The Morgan fingerprint density at radius 1 is 0.547 bits per heavy atom. The number of carbonyl (C=O) groups is 1. The molecule has 0 aromatic carbocycles. The summed E-state index contributed by atoms with van der Waals surface area (Å²) < 4.78 is 11.1. The van der Waals surface area contributed by atoms with E-state index in [2.05, 4.69) is 67.8 Å². The lowest BCUT2D eigenvalue weighted by molar-refractivity contribution is -0.303. The number of amides is 1. The van der Waals surface area contributed by atoms with Crippen molar-refractivity contribution < 1.29 is 50.0 Å². The molecule has 1 rings (SSSR count). The molecule has 0 saturated carbocycles. The number of rotatable bonds is 43. The van der Waals surface area contributed by atoms with Crippen molar-refractivity contribution in [1.82, 2.24) is 5.32 Å². The van der Waals surface area contributed by atoms with Crippen molar-refractivity contribution in [3.8, 4) is 0 Å². The van der Waals surface area contributed by atoms with E-state index in [0.717, 1.165) is 57.8 Å². The molecule has 1 fully saturated rings. The molecule has 374 valence electrons. The normalized spacial score (nSPS) is 21.4. The molecule has 11 heteroatoms. The highest BCUT2D eigenvalue weighted by atomic mass is 16.7. The zero-order chi connectivity index (χ0) is 46.9. The molecule has 1 saturated heterocycles. The number of hydrogen-bond acceptors (Lipinski definition) is 10. The summed E-state index contributed by atoms with van der Waals surface area (Å²) >= 11 is 0. The van der Waals surface area contributed by atoms with Crippen molar-refractivity contribution in [3.63, 3.8) is 0 Å².